The van der Waals surface area contributed by atoms with E-state index in [1.807, 2.05) is 6.92 Å². The van der Waals surface area contributed by atoms with Crippen LogP contribution >= 0.6 is 11.8 Å². The highest BCUT2D eigenvalue weighted by molar-refractivity contribution is 8.18. The van der Waals surface area contributed by atoms with Crippen LogP contribution in [0.15, 0.2) is 71.6 Å². The molecule has 0 atom stereocenters. The van der Waals surface area contributed by atoms with Crippen molar-refractivity contribution >= 4 is 40.6 Å². The largest absolute Gasteiger partial charge is 0.493 e. The molecule has 0 aliphatic carbocycles. The standard InChI is InChI=1S/C26H20N2O7S/c1-16-6-10-18(11-7-16)25(30)35-23-19(4-3-5-21(23)34-2)14-22-24(29)27(26(31)36-22)15-17-8-12-20(13-9-17)28(32)33/h3-14H,15H2,1-2H3/b22-14-. The number of aryl methyl sites for hydroxylation is 1. The van der Waals surface area contributed by atoms with Crippen molar-refractivity contribution in [2.75, 3.05) is 7.11 Å². The number of nitrogens with zero attached hydrogens (tertiary/aromatic N) is 2. The fourth-order valence-corrected chi connectivity index (χ4v) is 4.27. The molecule has 1 fully saturated rings. The fraction of sp³-hybridized carbons (Fsp3) is 0.115. The molecule has 0 bridgehead atoms. The number of carbonyl (C=O) groups is 3. The van der Waals surface area contributed by atoms with E-state index in [1.165, 1.54) is 37.5 Å². The number of hydrogen-bond acceptors (Lipinski definition) is 8. The van der Waals surface area contributed by atoms with E-state index in [9.17, 15) is 24.5 Å². The Morgan fingerprint density at radius 2 is 1.75 bits per heavy atom. The lowest BCUT2D eigenvalue weighted by Crippen LogP contribution is -2.27. The van der Waals surface area contributed by atoms with Gasteiger partial charge >= 0.3 is 5.97 Å². The highest BCUT2D eigenvalue weighted by Crippen LogP contribution is 2.38. The number of hydrogen-bond donors (Lipinski definition) is 0. The third kappa shape index (κ3) is 5.28. The number of nitro groups is 1. The van der Waals surface area contributed by atoms with E-state index >= 15 is 0 Å². The first-order valence-corrected chi connectivity index (χ1v) is 11.5. The summed E-state index contributed by atoms with van der Waals surface area (Å²) >= 11 is 0.752. The van der Waals surface area contributed by atoms with Gasteiger partial charge in [0, 0.05) is 17.7 Å². The summed E-state index contributed by atoms with van der Waals surface area (Å²) in [6, 6.07) is 17.4. The number of imide groups is 1. The molecule has 0 unspecified atom stereocenters. The van der Waals surface area contributed by atoms with Gasteiger partial charge in [0.1, 0.15) is 0 Å². The number of benzene rings is 3. The predicted octanol–water partition coefficient (Wildman–Crippen LogP) is 5.37. The van der Waals surface area contributed by atoms with Crippen LogP contribution in [0.25, 0.3) is 6.08 Å². The smallest absolute Gasteiger partial charge is 0.343 e. The van der Waals surface area contributed by atoms with Gasteiger partial charge in [-0.3, -0.25) is 24.6 Å². The number of amides is 2. The number of para-hydroxylation sites is 1. The molecule has 1 aliphatic rings. The number of nitro benzene ring substituents is 1. The second-order valence-electron chi connectivity index (χ2n) is 7.83. The van der Waals surface area contributed by atoms with Crippen LogP contribution in [0.5, 0.6) is 11.5 Å². The Bertz CT molecular complexity index is 1380. The number of non-ortho nitro benzene ring substituents is 1. The molecule has 0 saturated carbocycles. The van der Waals surface area contributed by atoms with Crippen molar-refractivity contribution in [3.05, 3.63) is 104 Å². The molecule has 0 spiro atoms. The summed E-state index contributed by atoms with van der Waals surface area (Å²) in [5.74, 6) is -0.718. The van der Waals surface area contributed by atoms with Crippen LogP contribution in [0, 0.1) is 17.0 Å². The minimum Gasteiger partial charge on any atom is -0.493 e. The lowest BCUT2D eigenvalue weighted by atomic mass is 10.1. The van der Waals surface area contributed by atoms with Crippen LogP contribution in [-0.2, 0) is 11.3 Å². The van der Waals surface area contributed by atoms with Crippen LogP contribution < -0.4 is 9.47 Å². The normalized spacial score (nSPS) is 14.3. The summed E-state index contributed by atoms with van der Waals surface area (Å²) in [5, 5.41) is 10.4. The summed E-state index contributed by atoms with van der Waals surface area (Å²) in [7, 11) is 1.43. The second-order valence-corrected chi connectivity index (χ2v) is 8.82. The van der Waals surface area contributed by atoms with E-state index in [0.29, 0.717) is 16.7 Å². The molecule has 182 valence electrons. The SMILES string of the molecule is COc1cccc(/C=C2\SC(=O)N(Cc3ccc([N+](=O)[O-])cc3)C2=O)c1OC(=O)c1ccc(C)cc1. The van der Waals surface area contributed by atoms with E-state index in [0.717, 1.165) is 22.2 Å². The molecule has 9 nitrogen and oxygen atoms in total. The van der Waals surface area contributed by atoms with Crippen molar-refractivity contribution in [2.24, 2.45) is 0 Å². The first-order chi connectivity index (χ1) is 17.3. The predicted molar refractivity (Wildman–Crippen MR) is 134 cm³/mol. The van der Waals surface area contributed by atoms with Gasteiger partial charge in [0.2, 0.25) is 0 Å². The van der Waals surface area contributed by atoms with Gasteiger partial charge in [-0.2, -0.15) is 0 Å². The summed E-state index contributed by atoms with van der Waals surface area (Å²) in [6.45, 7) is 1.87. The zero-order valence-corrected chi connectivity index (χ0v) is 20.1. The Morgan fingerprint density at radius 3 is 2.39 bits per heavy atom. The van der Waals surface area contributed by atoms with Gasteiger partial charge in [0.15, 0.2) is 11.5 Å². The van der Waals surface area contributed by atoms with Gasteiger partial charge < -0.3 is 9.47 Å². The van der Waals surface area contributed by atoms with Gasteiger partial charge in [-0.15, -0.1) is 0 Å². The van der Waals surface area contributed by atoms with E-state index < -0.39 is 22.0 Å². The summed E-state index contributed by atoms with van der Waals surface area (Å²) in [5.41, 5.74) is 2.21. The number of ether oxygens (including phenoxy) is 2. The van der Waals surface area contributed by atoms with E-state index in [2.05, 4.69) is 0 Å². The molecule has 3 aromatic carbocycles. The third-order valence-corrected chi connectivity index (χ3v) is 6.27. The maximum atomic E-state index is 13.0. The topological polar surface area (TPSA) is 116 Å². The van der Waals surface area contributed by atoms with E-state index in [1.54, 1.807) is 42.5 Å². The Balaban J connectivity index is 1.59. The minimum atomic E-state index is -0.597. The van der Waals surface area contributed by atoms with Gasteiger partial charge in [0.05, 0.1) is 29.0 Å². The lowest BCUT2D eigenvalue weighted by molar-refractivity contribution is -0.384. The molecule has 10 heteroatoms. The molecule has 3 aromatic rings. The van der Waals surface area contributed by atoms with Crippen LogP contribution in [-0.4, -0.2) is 34.0 Å². The third-order valence-electron chi connectivity index (χ3n) is 5.36. The van der Waals surface area contributed by atoms with E-state index in [4.69, 9.17) is 9.47 Å². The molecule has 1 aliphatic heterocycles. The number of esters is 1. The van der Waals surface area contributed by atoms with Crippen LogP contribution in [0.4, 0.5) is 10.5 Å². The van der Waals surface area contributed by atoms with Gasteiger partial charge in [0.25, 0.3) is 16.8 Å². The summed E-state index contributed by atoms with van der Waals surface area (Å²) in [4.78, 5) is 49.8. The second kappa shape index (κ2) is 10.4. The van der Waals surface area contributed by atoms with Crippen molar-refractivity contribution in [1.29, 1.82) is 0 Å². The minimum absolute atomic E-state index is 0.0343. The van der Waals surface area contributed by atoms with Crippen molar-refractivity contribution in [1.82, 2.24) is 4.90 Å². The Labute approximate surface area is 210 Å². The number of rotatable bonds is 7. The van der Waals surface area contributed by atoms with Crippen molar-refractivity contribution < 1.29 is 28.8 Å². The van der Waals surface area contributed by atoms with Gasteiger partial charge in [-0.05, 0) is 48.5 Å². The first kappa shape index (κ1) is 24.7. The highest BCUT2D eigenvalue weighted by atomic mass is 32.2. The molecule has 2 amide bonds. The molecule has 0 aromatic heterocycles. The van der Waals surface area contributed by atoms with Crippen molar-refractivity contribution in [3.8, 4) is 11.5 Å². The Kier molecular flexibility index (Phi) is 7.16. The average Bonchev–Trinajstić information content (AvgIpc) is 3.13. The molecule has 4 rings (SSSR count). The lowest BCUT2D eigenvalue weighted by Gasteiger charge is -2.13. The van der Waals surface area contributed by atoms with E-state index in [-0.39, 0.29) is 28.6 Å². The first-order valence-electron chi connectivity index (χ1n) is 10.7. The zero-order valence-electron chi connectivity index (χ0n) is 19.3. The molecule has 0 N–H and O–H groups in total. The zero-order chi connectivity index (χ0) is 25.8. The number of thioether (sulfide) groups is 1. The monoisotopic (exact) mass is 504 g/mol. The maximum Gasteiger partial charge on any atom is 0.343 e. The fourth-order valence-electron chi connectivity index (χ4n) is 3.44. The summed E-state index contributed by atoms with van der Waals surface area (Å²) in [6.07, 6.45) is 1.47. The average molecular weight is 505 g/mol. The van der Waals surface area contributed by atoms with Crippen molar-refractivity contribution in [3.63, 3.8) is 0 Å². The van der Waals surface area contributed by atoms with Crippen molar-refractivity contribution in [2.45, 2.75) is 13.5 Å². The molecular formula is C26H20N2O7S. The molecule has 0 radical (unpaired) electrons. The number of carbonyl (C=O) groups excluding carboxylic acids is 3. The quantitative estimate of drug-likeness (QED) is 0.139. The summed E-state index contributed by atoms with van der Waals surface area (Å²) < 4.78 is 11.0. The molecule has 1 saturated heterocycles. The molecular weight excluding hydrogens is 484 g/mol. The van der Waals surface area contributed by atoms with Crippen LogP contribution in [0.2, 0.25) is 0 Å². The molecule has 36 heavy (non-hydrogen) atoms. The molecule has 1 heterocycles. The maximum absolute atomic E-state index is 13.0. The van der Waals surface area contributed by atoms with Gasteiger partial charge in [-0.25, -0.2) is 4.79 Å². The van der Waals surface area contributed by atoms with Crippen LogP contribution in [0.3, 0.4) is 0 Å². The highest BCUT2D eigenvalue weighted by Gasteiger charge is 2.35. The van der Waals surface area contributed by atoms with Crippen LogP contribution in [0.1, 0.15) is 27.0 Å². The number of methoxy groups -OCH3 is 1. The van der Waals surface area contributed by atoms with Gasteiger partial charge in [-0.1, -0.05) is 42.0 Å². The Morgan fingerprint density at radius 1 is 1.06 bits per heavy atom. The Hall–Kier alpha value is -4.44.